The zero-order valence-electron chi connectivity index (χ0n) is 36.5. The van der Waals surface area contributed by atoms with Crippen molar-refractivity contribution in [3.63, 3.8) is 0 Å². The number of aryl methyl sites for hydroxylation is 2. The molecule has 6 heterocycles. The van der Waals surface area contributed by atoms with Crippen LogP contribution in [0, 0.1) is 24.5 Å². The Bertz CT molecular complexity index is 2250. The van der Waals surface area contributed by atoms with Gasteiger partial charge in [0.15, 0.2) is 0 Å². The minimum absolute atomic E-state index is 0.0920. The predicted octanol–water partition coefficient (Wildman–Crippen LogP) is 10.3. The Balaban J connectivity index is 0.887. The van der Waals surface area contributed by atoms with E-state index in [1.807, 2.05) is 24.9 Å². The lowest BCUT2D eigenvalue weighted by Gasteiger charge is -2.38. The van der Waals surface area contributed by atoms with E-state index >= 15 is 8.78 Å². The Morgan fingerprint density at radius 1 is 0.967 bits per heavy atom. The van der Waals surface area contributed by atoms with Gasteiger partial charge in [-0.1, -0.05) is 38.1 Å². The second-order valence-corrected chi connectivity index (χ2v) is 17.6. The molecule has 11 heteroatoms. The molecule has 9 nitrogen and oxygen atoms in total. The van der Waals surface area contributed by atoms with E-state index in [1.54, 1.807) is 13.1 Å². The molecule has 2 saturated heterocycles. The first-order valence-electron chi connectivity index (χ1n) is 22.5. The van der Waals surface area contributed by atoms with Crippen molar-refractivity contribution in [1.82, 2.24) is 25.0 Å². The maximum atomic E-state index is 15.5. The fourth-order valence-corrected chi connectivity index (χ4v) is 10.0. The van der Waals surface area contributed by atoms with Crippen LogP contribution in [0.5, 0.6) is 0 Å². The monoisotopic (exact) mass is 828 g/mol. The lowest BCUT2D eigenvalue weighted by Crippen LogP contribution is -2.41. The van der Waals surface area contributed by atoms with Gasteiger partial charge in [-0.25, -0.2) is 13.8 Å². The number of aliphatic imine (C=N–C) groups is 1. The number of hydrogen-bond donors (Lipinski definition) is 2. The minimum atomic E-state index is -0.502. The third-order valence-corrected chi connectivity index (χ3v) is 13.6. The van der Waals surface area contributed by atoms with Gasteiger partial charge in [-0.05, 0) is 132 Å². The van der Waals surface area contributed by atoms with Crippen molar-refractivity contribution in [2.45, 2.75) is 89.4 Å². The Kier molecular flexibility index (Phi) is 13.0. The number of pyridine rings is 1. The Morgan fingerprint density at radius 2 is 1.72 bits per heavy atom. The Morgan fingerprint density at radius 3 is 2.46 bits per heavy atom. The third-order valence-electron chi connectivity index (χ3n) is 13.6. The summed E-state index contributed by atoms with van der Waals surface area (Å²) in [6, 6.07) is 14.2. The van der Waals surface area contributed by atoms with Crippen molar-refractivity contribution in [1.29, 1.82) is 0 Å². The number of fused-ring (bicyclic) bond motifs is 7. The fraction of sp³-hybridized carbons (Fsp3) is 0.460. The largest absolute Gasteiger partial charge is 0.391 e. The maximum absolute atomic E-state index is 15.5. The zero-order chi connectivity index (χ0) is 42.6. The van der Waals surface area contributed by atoms with Gasteiger partial charge in [0, 0.05) is 85.7 Å². The molecule has 0 amide bonds. The number of guanidine groups is 1. The molecule has 4 aromatic rings. The van der Waals surface area contributed by atoms with E-state index in [9.17, 15) is 0 Å². The number of rotatable bonds is 10. The second-order valence-electron chi connectivity index (χ2n) is 17.6. The molecule has 8 rings (SSSR count). The van der Waals surface area contributed by atoms with E-state index in [4.69, 9.17) is 9.98 Å². The fourth-order valence-electron chi connectivity index (χ4n) is 10.0. The molecule has 2 aromatic carbocycles. The average Bonchev–Trinajstić information content (AvgIpc) is 3.80. The van der Waals surface area contributed by atoms with Gasteiger partial charge in [0.1, 0.15) is 11.6 Å². The lowest BCUT2D eigenvalue weighted by molar-refractivity contribution is 0.170. The van der Waals surface area contributed by atoms with Gasteiger partial charge in [0.25, 0.3) is 0 Å². The van der Waals surface area contributed by atoms with Crippen molar-refractivity contribution >= 4 is 28.7 Å². The number of aromatic nitrogens is 3. The highest BCUT2D eigenvalue weighted by molar-refractivity contribution is 6.16. The number of piperidine rings is 2. The van der Waals surface area contributed by atoms with Crippen LogP contribution in [0.4, 0.5) is 25.8 Å². The number of likely N-dealkylation sites (tertiary alicyclic amines) is 1. The number of hydrogen-bond acceptors (Lipinski definition) is 8. The van der Waals surface area contributed by atoms with Crippen molar-refractivity contribution in [2.75, 3.05) is 61.4 Å². The number of benzene rings is 2. The highest BCUT2D eigenvalue weighted by Crippen LogP contribution is 2.40. The quantitative estimate of drug-likeness (QED) is 0.154. The molecule has 4 aliphatic heterocycles. The topological polar surface area (TPSA) is 76.8 Å². The average molecular weight is 828 g/mol. The van der Waals surface area contributed by atoms with Gasteiger partial charge in [0.2, 0.25) is 5.96 Å². The summed E-state index contributed by atoms with van der Waals surface area (Å²) in [6.07, 6.45) is 14.7. The van der Waals surface area contributed by atoms with Crippen molar-refractivity contribution < 1.29 is 8.78 Å². The van der Waals surface area contributed by atoms with Gasteiger partial charge >= 0.3 is 0 Å². The van der Waals surface area contributed by atoms with Crippen LogP contribution in [-0.4, -0.2) is 71.9 Å². The molecular weight excluding hydrogens is 765 g/mol. The van der Waals surface area contributed by atoms with Crippen LogP contribution in [0.3, 0.4) is 0 Å². The van der Waals surface area contributed by atoms with Crippen LogP contribution in [-0.2, 0) is 13.5 Å². The van der Waals surface area contributed by atoms with Gasteiger partial charge in [-0.15, -0.1) is 6.58 Å². The van der Waals surface area contributed by atoms with E-state index in [0.717, 1.165) is 131 Å². The molecule has 0 saturated carbocycles. The summed E-state index contributed by atoms with van der Waals surface area (Å²) in [5, 5.41) is 11.2. The second kappa shape index (κ2) is 18.8. The van der Waals surface area contributed by atoms with Crippen LogP contribution in [0.25, 0.3) is 17.0 Å². The van der Waals surface area contributed by atoms with Crippen LogP contribution in [0.15, 0.2) is 85.2 Å². The van der Waals surface area contributed by atoms with E-state index in [2.05, 4.69) is 80.5 Å². The molecule has 61 heavy (non-hydrogen) atoms. The molecule has 322 valence electrons. The molecular formula is C50H63F2N9. The molecule has 2 N–H and O–H groups in total. The minimum Gasteiger partial charge on any atom is -0.391 e. The maximum Gasteiger partial charge on any atom is 0.208 e. The molecule has 0 radical (unpaired) electrons. The van der Waals surface area contributed by atoms with Crippen LogP contribution in [0.1, 0.15) is 104 Å². The van der Waals surface area contributed by atoms with Gasteiger partial charge in [0.05, 0.1) is 29.0 Å². The van der Waals surface area contributed by atoms with E-state index in [-0.39, 0.29) is 5.56 Å². The normalized spacial score (nSPS) is 19.4. The summed E-state index contributed by atoms with van der Waals surface area (Å²) < 4.78 is 33.1. The molecule has 1 unspecified atom stereocenters. The summed E-state index contributed by atoms with van der Waals surface area (Å²) >= 11 is 0. The van der Waals surface area contributed by atoms with Crippen LogP contribution < -0.4 is 20.4 Å². The number of allylic oxidation sites excluding steroid dienone is 2. The van der Waals surface area contributed by atoms with E-state index < -0.39 is 17.6 Å². The number of nitrogens with zero attached hydrogens (tertiary/aromatic N) is 7. The number of nitrogens with one attached hydrogen (secondary N) is 2. The number of anilines is 3. The SMILES string of the molecule is C=CCCC(C(=C)NC)c1c(F)cc(N2CCC(CN3CCC(c4ccc5c(c4)N4CCCCCCc6c(cnn6C)-c6cc(cc(C)n6)C(=C)/N=C/4N5)CC3)CC2)cc1F. The number of halogens is 2. The Hall–Kier alpha value is -5.29. The molecule has 0 aliphatic carbocycles. The summed E-state index contributed by atoms with van der Waals surface area (Å²) in [5.41, 5.74) is 10.9. The van der Waals surface area contributed by atoms with Crippen LogP contribution in [0.2, 0.25) is 0 Å². The van der Waals surface area contributed by atoms with E-state index in [1.165, 1.54) is 29.1 Å². The molecule has 4 aliphatic rings. The molecule has 2 bridgehead atoms. The van der Waals surface area contributed by atoms with Gasteiger partial charge in [-0.3, -0.25) is 9.67 Å². The molecule has 1 atom stereocenters. The highest BCUT2D eigenvalue weighted by Gasteiger charge is 2.31. The summed E-state index contributed by atoms with van der Waals surface area (Å²) in [7, 11) is 3.77. The number of likely N-dealkylation sites (N-methyl/N-ethyl adjacent to an activating group) is 1. The molecule has 2 aromatic heterocycles. The van der Waals surface area contributed by atoms with Gasteiger partial charge < -0.3 is 25.3 Å². The third kappa shape index (κ3) is 9.32. The standard InChI is InChI=1S/C50H63F2N9/c1-7-8-13-41(35(4)53-5)49-43(51)29-40(30-44(49)52)60-24-17-36(18-25-60)32-59-22-19-37(20-23-59)38-15-16-45-48(28-38)61-21-12-10-9-11-14-47-42(31-54-58(47)6)46-27-39(26-33(2)55-46)34(3)56-50(61)57-45/h7,15-16,26-31,36-37,41,53H,1,3-4,8-14,17-25,32H2,2,5-6H3,(H,56,57). The highest BCUT2D eigenvalue weighted by atomic mass is 19.1. The predicted molar refractivity (Wildman–Crippen MR) is 247 cm³/mol. The smallest absolute Gasteiger partial charge is 0.208 e. The lowest BCUT2D eigenvalue weighted by atomic mass is 9.87. The van der Waals surface area contributed by atoms with Crippen molar-refractivity contribution in [3.8, 4) is 11.3 Å². The Labute approximate surface area is 361 Å². The van der Waals surface area contributed by atoms with Crippen molar-refractivity contribution in [3.05, 3.63) is 120 Å². The van der Waals surface area contributed by atoms with Crippen LogP contribution >= 0.6 is 0 Å². The van der Waals surface area contributed by atoms with Crippen molar-refractivity contribution in [2.24, 2.45) is 18.0 Å². The van der Waals surface area contributed by atoms with Gasteiger partial charge in [-0.2, -0.15) is 5.10 Å². The summed E-state index contributed by atoms with van der Waals surface area (Å²) in [6.45, 7) is 20.0. The summed E-state index contributed by atoms with van der Waals surface area (Å²) in [4.78, 5) is 17.2. The first-order chi connectivity index (χ1) is 29.6. The first kappa shape index (κ1) is 42.4. The molecule has 2 fully saturated rings. The van der Waals surface area contributed by atoms with E-state index in [0.29, 0.717) is 41.8 Å². The molecule has 0 spiro atoms. The zero-order valence-corrected chi connectivity index (χ0v) is 36.5. The summed E-state index contributed by atoms with van der Waals surface area (Å²) in [5.74, 6) is 0.464. The first-order valence-corrected chi connectivity index (χ1v) is 22.5.